The summed E-state index contributed by atoms with van der Waals surface area (Å²) >= 11 is 0. The van der Waals surface area contributed by atoms with Gasteiger partial charge in [-0.05, 0) is 36.2 Å². The summed E-state index contributed by atoms with van der Waals surface area (Å²) in [5, 5.41) is 10.3. The van der Waals surface area contributed by atoms with Gasteiger partial charge >= 0.3 is 5.97 Å². The van der Waals surface area contributed by atoms with Gasteiger partial charge in [0.15, 0.2) is 0 Å². The number of esters is 1. The SMILES string of the molecule is COC(=O)c1ccc(C(O)c2ccc(C)c(OC)c2)o1. The number of hydrogen-bond donors (Lipinski definition) is 1. The highest BCUT2D eigenvalue weighted by Crippen LogP contribution is 2.28. The number of furan rings is 1. The van der Waals surface area contributed by atoms with E-state index < -0.39 is 12.1 Å². The summed E-state index contributed by atoms with van der Waals surface area (Å²) in [6.07, 6.45) is -0.970. The van der Waals surface area contributed by atoms with Crippen molar-refractivity contribution in [1.29, 1.82) is 0 Å². The summed E-state index contributed by atoms with van der Waals surface area (Å²) < 4.78 is 15.1. The number of hydrogen-bond acceptors (Lipinski definition) is 5. The van der Waals surface area contributed by atoms with Crippen LogP contribution in [0.5, 0.6) is 5.75 Å². The van der Waals surface area contributed by atoms with Gasteiger partial charge in [0.2, 0.25) is 5.76 Å². The lowest BCUT2D eigenvalue weighted by Crippen LogP contribution is -2.01. The van der Waals surface area contributed by atoms with E-state index in [4.69, 9.17) is 9.15 Å². The number of aliphatic hydroxyl groups excluding tert-OH is 1. The monoisotopic (exact) mass is 276 g/mol. The standard InChI is InChI=1S/C15H16O5/c1-9-4-5-10(8-13(9)18-2)14(16)11-6-7-12(20-11)15(17)19-3/h4-8,14,16H,1-3H3. The molecule has 5 heteroatoms. The summed E-state index contributed by atoms with van der Waals surface area (Å²) in [5.41, 5.74) is 1.59. The number of aliphatic hydroxyl groups is 1. The van der Waals surface area contributed by atoms with Crippen LogP contribution in [0.1, 0.15) is 33.5 Å². The third-order valence-electron chi connectivity index (χ3n) is 3.03. The second kappa shape index (κ2) is 5.79. The van der Waals surface area contributed by atoms with Crippen LogP contribution in [0.15, 0.2) is 34.7 Å². The number of ether oxygens (including phenoxy) is 2. The molecule has 0 aliphatic carbocycles. The normalized spacial score (nSPS) is 12.0. The summed E-state index contributed by atoms with van der Waals surface area (Å²) in [4.78, 5) is 11.3. The summed E-state index contributed by atoms with van der Waals surface area (Å²) in [7, 11) is 2.84. The van der Waals surface area contributed by atoms with Crippen LogP contribution in [0, 0.1) is 6.92 Å². The third-order valence-corrected chi connectivity index (χ3v) is 3.03. The van der Waals surface area contributed by atoms with Crippen LogP contribution in [0.4, 0.5) is 0 Å². The maximum Gasteiger partial charge on any atom is 0.373 e. The molecule has 2 aromatic rings. The fourth-order valence-corrected chi connectivity index (χ4v) is 1.88. The lowest BCUT2D eigenvalue weighted by atomic mass is 10.0. The first-order chi connectivity index (χ1) is 9.56. The van der Waals surface area contributed by atoms with Gasteiger partial charge in [-0.2, -0.15) is 0 Å². The largest absolute Gasteiger partial charge is 0.496 e. The minimum atomic E-state index is -0.970. The molecule has 106 valence electrons. The topological polar surface area (TPSA) is 68.9 Å². The minimum absolute atomic E-state index is 0.0561. The Morgan fingerprint density at radius 2 is 2.00 bits per heavy atom. The molecule has 1 aromatic carbocycles. The highest BCUT2D eigenvalue weighted by atomic mass is 16.5. The van der Waals surface area contributed by atoms with Crippen LogP contribution >= 0.6 is 0 Å². The summed E-state index contributed by atoms with van der Waals surface area (Å²) in [6.45, 7) is 1.91. The van der Waals surface area contributed by atoms with Crippen molar-refractivity contribution in [2.45, 2.75) is 13.0 Å². The second-order valence-electron chi connectivity index (χ2n) is 4.33. The zero-order chi connectivity index (χ0) is 14.7. The van der Waals surface area contributed by atoms with Crippen LogP contribution in [0.25, 0.3) is 0 Å². The first-order valence-corrected chi connectivity index (χ1v) is 6.07. The molecule has 0 radical (unpaired) electrons. The Balaban J connectivity index is 2.29. The molecular formula is C15H16O5. The Morgan fingerprint density at radius 3 is 2.65 bits per heavy atom. The van der Waals surface area contributed by atoms with Gasteiger partial charge in [0.1, 0.15) is 17.6 Å². The van der Waals surface area contributed by atoms with Crippen molar-refractivity contribution < 1.29 is 23.8 Å². The van der Waals surface area contributed by atoms with Gasteiger partial charge in [0, 0.05) is 0 Å². The Morgan fingerprint density at radius 1 is 1.25 bits per heavy atom. The van der Waals surface area contributed by atoms with Gasteiger partial charge in [0.25, 0.3) is 0 Å². The van der Waals surface area contributed by atoms with Crippen LogP contribution in [0.2, 0.25) is 0 Å². The van der Waals surface area contributed by atoms with E-state index in [0.717, 1.165) is 5.56 Å². The highest BCUT2D eigenvalue weighted by Gasteiger charge is 2.19. The van der Waals surface area contributed by atoms with Gasteiger partial charge in [-0.25, -0.2) is 4.79 Å². The molecular weight excluding hydrogens is 260 g/mol. The van der Waals surface area contributed by atoms with Crippen LogP contribution in [0.3, 0.4) is 0 Å². The maximum absolute atomic E-state index is 11.3. The van der Waals surface area contributed by atoms with E-state index in [1.54, 1.807) is 25.3 Å². The molecule has 0 amide bonds. The maximum atomic E-state index is 11.3. The van der Waals surface area contributed by atoms with Crippen LogP contribution < -0.4 is 4.74 Å². The van der Waals surface area contributed by atoms with E-state index in [1.165, 1.54) is 13.2 Å². The predicted molar refractivity (Wildman–Crippen MR) is 71.8 cm³/mol. The third kappa shape index (κ3) is 2.67. The van der Waals surface area contributed by atoms with Crippen molar-refractivity contribution in [2.24, 2.45) is 0 Å². The van der Waals surface area contributed by atoms with Gasteiger partial charge in [-0.3, -0.25) is 0 Å². The van der Waals surface area contributed by atoms with Gasteiger partial charge in [-0.1, -0.05) is 12.1 Å². The lowest BCUT2D eigenvalue weighted by Gasteiger charge is -2.11. The number of carbonyl (C=O) groups is 1. The smallest absolute Gasteiger partial charge is 0.373 e. The molecule has 0 saturated carbocycles. The molecule has 5 nitrogen and oxygen atoms in total. The molecule has 1 aromatic heterocycles. The highest BCUT2D eigenvalue weighted by molar-refractivity contribution is 5.86. The molecule has 1 N–H and O–H groups in total. The van der Waals surface area contributed by atoms with Gasteiger partial charge < -0.3 is 19.0 Å². The van der Waals surface area contributed by atoms with E-state index in [1.807, 2.05) is 13.0 Å². The predicted octanol–water partition coefficient (Wildman–Crippen LogP) is 2.46. The van der Waals surface area contributed by atoms with Crippen molar-refractivity contribution in [3.8, 4) is 5.75 Å². The zero-order valence-electron chi connectivity index (χ0n) is 11.5. The molecule has 1 unspecified atom stereocenters. The van der Waals surface area contributed by atoms with Gasteiger partial charge in [-0.15, -0.1) is 0 Å². The molecule has 20 heavy (non-hydrogen) atoms. The average molecular weight is 276 g/mol. The van der Waals surface area contributed by atoms with Crippen molar-refractivity contribution in [1.82, 2.24) is 0 Å². The Kier molecular flexibility index (Phi) is 4.10. The number of aryl methyl sites for hydroxylation is 1. The molecule has 0 bridgehead atoms. The van der Waals surface area contributed by atoms with Crippen molar-refractivity contribution in [3.05, 3.63) is 53.0 Å². The number of methoxy groups -OCH3 is 2. The Hall–Kier alpha value is -2.27. The molecule has 1 atom stereocenters. The fourth-order valence-electron chi connectivity index (χ4n) is 1.88. The van der Waals surface area contributed by atoms with E-state index in [0.29, 0.717) is 11.3 Å². The van der Waals surface area contributed by atoms with E-state index in [9.17, 15) is 9.90 Å². The van der Waals surface area contributed by atoms with E-state index in [2.05, 4.69) is 4.74 Å². The molecule has 0 aliphatic heterocycles. The molecule has 2 rings (SSSR count). The van der Waals surface area contributed by atoms with E-state index in [-0.39, 0.29) is 11.5 Å². The number of benzene rings is 1. The van der Waals surface area contributed by atoms with E-state index >= 15 is 0 Å². The van der Waals surface area contributed by atoms with Crippen LogP contribution in [-0.4, -0.2) is 25.3 Å². The first-order valence-electron chi connectivity index (χ1n) is 6.07. The molecule has 0 saturated heterocycles. The zero-order valence-corrected chi connectivity index (χ0v) is 11.5. The second-order valence-corrected chi connectivity index (χ2v) is 4.33. The molecule has 1 heterocycles. The van der Waals surface area contributed by atoms with Crippen molar-refractivity contribution in [2.75, 3.05) is 14.2 Å². The Labute approximate surface area is 116 Å². The van der Waals surface area contributed by atoms with Crippen LogP contribution in [-0.2, 0) is 4.74 Å². The summed E-state index contributed by atoms with van der Waals surface area (Å²) in [5.74, 6) is 0.433. The average Bonchev–Trinajstić information content (AvgIpc) is 2.96. The Bertz CT molecular complexity index is 614. The van der Waals surface area contributed by atoms with Crippen molar-refractivity contribution >= 4 is 5.97 Å². The minimum Gasteiger partial charge on any atom is -0.496 e. The number of rotatable bonds is 4. The molecule has 0 fully saturated rings. The first kappa shape index (κ1) is 14.1. The number of carbonyl (C=O) groups excluding carboxylic acids is 1. The van der Waals surface area contributed by atoms with Crippen molar-refractivity contribution in [3.63, 3.8) is 0 Å². The van der Waals surface area contributed by atoms with Gasteiger partial charge in [0.05, 0.1) is 14.2 Å². The summed E-state index contributed by atoms with van der Waals surface area (Å²) in [6, 6.07) is 8.38. The fraction of sp³-hybridized carbons (Fsp3) is 0.267. The molecule has 0 aliphatic rings. The molecule has 0 spiro atoms. The quantitative estimate of drug-likeness (QED) is 0.869. The lowest BCUT2D eigenvalue weighted by molar-refractivity contribution is 0.0558.